The maximum atomic E-state index is 11.9. The molecule has 4 rings (SSSR count). The summed E-state index contributed by atoms with van der Waals surface area (Å²) in [6, 6.07) is 9.85. The Morgan fingerprint density at radius 1 is 1.24 bits per heavy atom. The molecule has 0 radical (unpaired) electrons. The second-order valence-corrected chi connectivity index (χ2v) is 7.06. The number of H-pyrrole nitrogens is 1. The van der Waals surface area contributed by atoms with E-state index in [1.165, 1.54) is 11.3 Å². The quantitative estimate of drug-likeness (QED) is 0.428. The molecule has 148 valence electrons. The highest BCUT2D eigenvalue weighted by atomic mass is 32.1. The molecular weight excluding hydrogens is 392 g/mol. The van der Waals surface area contributed by atoms with E-state index in [4.69, 9.17) is 4.74 Å². The summed E-state index contributed by atoms with van der Waals surface area (Å²) < 4.78 is 4.98. The minimum atomic E-state index is -0.606. The molecule has 4 aromatic rings. The van der Waals surface area contributed by atoms with E-state index in [2.05, 4.69) is 25.7 Å². The monoisotopic (exact) mass is 410 g/mol. The zero-order chi connectivity index (χ0) is 20.1. The fraction of sp³-hybridized carbons (Fsp3) is 0.211. The second-order valence-electron chi connectivity index (χ2n) is 6.28. The average Bonchev–Trinajstić information content (AvgIpc) is 3.47. The number of esters is 1. The number of tetrazole rings is 1. The summed E-state index contributed by atoms with van der Waals surface area (Å²) >= 11 is 1.52. The fourth-order valence-corrected chi connectivity index (χ4v) is 3.49. The van der Waals surface area contributed by atoms with Gasteiger partial charge in [0.05, 0.1) is 0 Å². The number of carbonyl (C=O) groups excluding carboxylic acids is 2. The number of ether oxygens (including phenoxy) is 1. The topological polar surface area (TPSA) is 115 Å². The van der Waals surface area contributed by atoms with Crippen molar-refractivity contribution in [3.8, 4) is 11.4 Å². The van der Waals surface area contributed by atoms with Gasteiger partial charge in [0.15, 0.2) is 13.2 Å². The summed E-state index contributed by atoms with van der Waals surface area (Å²) in [4.78, 5) is 28.1. The van der Waals surface area contributed by atoms with Gasteiger partial charge in [-0.2, -0.15) is 16.1 Å². The molecule has 29 heavy (non-hydrogen) atoms. The Hall–Kier alpha value is -3.53. The molecule has 0 atom stereocenters. The minimum absolute atomic E-state index is 0.209. The SMILES string of the molecule is O=C(COC(=O)Cn1nnc(-c2ccsc2)n1)NCCc1c[nH]c2ccccc12. The highest BCUT2D eigenvalue weighted by Crippen LogP contribution is 2.18. The van der Waals surface area contributed by atoms with Crippen LogP contribution in [0.4, 0.5) is 0 Å². The molecule has 3 aromatic heterocycles. The van der Waals surface area contributed by atoms with Gasteiger partial charge in [-0.05, 0) is 34.7 Å². The summed E-state index contributed by atoms with van der Waals surface area (Å²) in [5.41, 5.74) is 3.02. The van der Waals surface area contributed by atoms with Crippen molar-refractivity contribution in [2.45, 2.75) is 13.0 Å². The Labute approximate surface area is 169 Å². The van der Waals surface area contributed by atoms with Crippen LogP contribution in [0, 0.1) is 0 Å². The van der Waals surface area contributed by atoms with Crippen LogP contribution in [0.3, 0.4) is 0 Å². The number of aromatic amines is 1. The highest BCUT2D eigenvalue weighted by molar-refractivity contribution is 7.08. The van der Waals surface area contributed by atoms with Crippen molar-refractivity contribution in [3.05, 3.63) is 52.9 Å². The molecule has 2 N–H and O–H groups in total. The number of hydrogen-bond donors (Lipinski definition) is 2. The average molecular weight is 410 g/mol. The lowest BCUT2D eigenvalue weighted by Crippen LogP contribution is -2.31. The van der Waals surface area contributed by atoms with E-state index in [-0.39, 0.29) is 19.1 Å². The number of nitrogens with one attached hydrogen (secondary N) is 2. The Balaban J connectivity index is 1.19. The summed E-state index contributed by atoms with van der Waals surface area (Å²) in [5, 5.41) is 19.5. The third-order valence-electron chi connectivity index (χ3n) is 4.26. The van der Waals surface area contributed by atoms with Crippen molar-refractivity contribution >= 4 is 34.1 Å². The third kappa shape index (κ3) is 4.66. The Kier molecular flexibility index (Phi) is 5.61. The zero-order valence-corrected chi connectivity index (χ0v) is 16.2. The number of fused-ring (bicyclic) bond motifs is 1. The number of aromatic nitrogens is 5. The van der Waals surface area contributed by atoms with E-state index in [9.17, 15) is 9.59 Å². The van der Waals surface area contributed by atoms with E-state index < -0.39 is 5.97 Å². The molecule has 1 amide bonds. The summed E-state index contributed by atoms with van der Waals surface area (Å²) in [6.07, 6.45) is 2.62. The number of rotatable bonds is 8. The standard InChI is InChI=1S/C19H18N6O3S/c26-17(20-7-5-13-9-21-16-4-2-1-3-15(13)16)11-28-18(27)10-25-23-19(22-24-25)14-6-8-29-12-14/h1-4,6,8-9,12,21H,5,7,10-11H2,(H,20,26). The van der Waals surface area contributed by atoms with Crippen LogP contribution in [0.2, 0.25) is 0 Å². The van der Waals surface area contributed by atoms with Crippen molar-refractivity contribution in [1.82, 2.24) is 30.5 Å². The molecular formula is C19H18N6O3S. The van der Waals surface area contributed by atoms with Crippen LogP contribution in [0.1, 0.15) is 5.56 Å². The van der Waals surface area contributed by atoms with E-state index in [0.29, 0.717) is 18.8 Å². The van der Waals surface area contributed by atoms with Crippen molar-refractivity contribution in [1.29, 1.82) is 0 Å². The van der Waals surface area contributed by atoms with Crippen LogP contribution in [-0.2, 0) is 27.3 Å². The molecule has 0 aliphatic carbocycles. The van der Waals surface area contributed by atoms with Crippen LogP contribution >= 0.6 is 11.3 Å². The lowest BCUT2D eigenvalue weighted by Gasteiger charge is -2.06. The van der Waals surface area contributed by atoms with Crippen LogP contribution in [0.5, 0.6) is 0 Å². The van der Waals surface area contributed by atoms with Gasteiger partial charge in [0.25, 0.3) is 5.91 Å². The molecule has 0 spiro atoms. The number of hydrogen-bond acceptors (Lipinski definition) is 7. The number of thiophene rings is 1. The Morgan fingerprint density at radius 2 is 2.14 bits per heavy atom. The largest absolute Gasteiger partial charge is 0.454 e. The van der Waals surface area contributed by atoms with Crippen molar-refractivity contribution in [2.24, 2.45) is 0 Å². The lowest BCUT2D eigenvalue weighted by molar-refractivity contribution is -0.149. The summed E-state index contributed by atoms with van der Waals surface area (Å²) in [7, 11) is 0. The van der Waals surface area contributed by atoms with Crippen LogP contribution in [-0.4, -0.2) is 50.2 Å². The Bertz CT molecular complexity index is 1120. The number of benzene rings is 1. The predicted octanol–water partition coefficient (Wildman–Crippen LogP) is 1.78. The van der Waals surface area contributed by atoms with E-state index in [1.807, 2.05) is 47.3 Å². The normalized spacial score (nSPS) is 10.9. The van der Waals surface area contributed by atoms with E-state index in [0.717, 1.165) is 26.8 Å². The van der Waals surface area contributed by atoms with Crippen LogP contribution in [0.25, 0.3) is 22.3 Å². The van der Waals surface area contributed by atoms with Gasteiger partial charge < -0.3 is 15.0 Å². The first-order chi connectivity index (χ1) is 14.2. The zero-order valence-electron chi connectivity index (χ0n) is 15.4. The van der Waals surface area contributed by atoms with Gasteiger partial charge in [0.2, 0.25) is 5.82 Å². The number of nitrogens with zero attached hydrogens (tertiary/aromatic N) is 4. The second kappa shape index (κ2) is 8.65. The molecule has 0 aliphatic heterocycles. The third-order valence-corrected chi connectivity index (χ3v) is 4.94. The molecule has 0 fully saturated rings. The number of carbonyl (C=O) groups is 2. The van der Waals surface area contributed by atoms with Crippen molar-refractivity contribution < 1.29 is 14.3 Å². The van der Waals surface area contributed by atoms with Crippen molar-refractivity contribution in [3.63, 3.8) is 0 Å². The smallest absolute Gasteiger partial charge is 0.330 e. The minimum Gasteiger partial charge on any atom is -0.454 e. The molecule has 1 aromatic carbocycles. The van der Waals surface area contributed by atoms with Gasteiger partial charge in [-0.15, -0.1) is 10.2 Å². The maximum absolute atomic E-state index is 11.9. The molecule has 3 heterocycles. The van der Waals surface area contributed by atoms with Crippen LogP contribution < -0.4 is 5.32 Å². The van der Waals surface area contributed by atoms with Gasteiger partial charge in [-0.3, -0.25) is 4.79 Å². The maximum Gasteiger partial charge on any atom is 0.330 e. The Morgan fingerprint density at radius 3 is 3.00 bits per heavy atom. The predicted molar refractivity (Wildman–Crippen MR) is 107 cm³/mol. The first kappa shape index (κ1) is 18.8. The molecule has 0 bridgehead atoms. The first-order valence-corrected chi connectivity index (χ1v) is 9.91. The van der Waals surface area contributed by atoms with Crippen LogP contribution in [0.15, 0.2) is 47.3 Å². The molecule has 0 unspecified atom stereocenters. The number of para-hydroxylation sites is 1. The molecule has 0 saturated heterocycles. The molecule has 10 heteroatoms. The molecule has 0 saturated carbocycles. The van der Waals surface area contributed by atoms with Gasteiger partial charge >= 0.3 is 5.97 Å². The van der Waals surface area contributed by atoms with Gasteiger partial charge in [-0.1, -0.05) is 18.2 Å². The molecule has 0 aliphatic rings. The fourth-order valence-electron chi connectivity index (χ4n) is 2.85. The number of amides is 1. The van der Waals surface area contributed by atoms with Gasteiger partial charge in [0, 0.05) is 34.6 Å². The summed E-state index contributed by atoms with van der Waals surface area (Å²) in [5.74, 6) is -0.524. The lowest BCUT2D eigenvalue weighted by atomic mass is 10.1. The highest BCUT2D eigenvalue weighted by Gasteiger charge is 2.12. The van der Waals surface area contributed by atoms with Crippen molar-refractivity contribution in [2.75, 3.05) is 13.2 Å². The summed E-state index contributed by atoms with van der Waals surface area (Å²) in [6.45, 7) is -0.106. The van der Waals surface area contributed by atoms with Gasteiger partial charge in [-0.25, -0.2) is 4.79 Å². The van der Waals surface area contributed by atoms with E-state index >= 15 is 0 Å². The van der Waals surface area contributed by atoms with Gasteiger partial charge in [0.1, 0.15) is 0 Å². The van der Waals surface area contributed by atoms with E-state index in [1.54, 1.807) is 0 Å². The molecule has 9 nitrogen and oxygen atoms in total. The first-order valence-electron chi connectivity index (χ1n) is 8.97.